The average Bonchev–Trinajstić information content (AvgIpc) is 3.15. The zero-order chi connectivity index (χ0) is 18.6. The first kappa shape index (κ1) is 17.6. The number of hydrogen-bond donors (Lipinski definition) is 1. The second kappa shape index (κ2) is 7.85. The number of imidazole rings is 1. The van der Waals surface area contributed by atoms with Crippen LogP contribution in [0.5, 0.6) is 0 Å². The molecule has 1 N–H and O–H groups in total. The van der Waals surface area contributed by atoms with Gasteiger partial charge in [-0.05, 0) is 42.7 Å². The predicted octanol–water partition coefficient (Wildman–Crippen LogP) is 4.23. The van der Waals surface area contributed by atoms with E-state index in [0.717, 1.165) is 40.3 Å². The highest BCUT2D eigenvalue weighted by molar-refractivity contribution is 7.98. The summed E-state index contributed by atoms with van der Waals surface area (Å²) in [6, 6.07) is 18.1. The standard InChI is InChI=1S/C21H20N4OS/c22-13-15-9-11-25(12-10-15)20(26)17-7-5-16(6-8-17)14-27-21-23-18-3-1-2-4-19(18)24-21/h1-8,15H,9-12,14H2,(H,23,24). The van der Waals surface area contributed by atoms with E-state index in [9.17, 15) is 4.79 Å². The van der Waals surface area contributed by atoms with Crippen molar-refractivity contribution >= 4 is 28.7 Å². The van der Waals surface area contributed by atoms with Crippen LogP contribution in [0.2, 0.25) is 0 Å². The summed E-state index contributed by atoms with van der Waals surface area (Å²) >= 11 is 1.65. The molecule has 0 spiro atoms. The van der Waals surface area contributed by atoms with E-state index < -0.39 is 0 Å². The molecule has 2 aromatic carbocycles. The van der Waals surface area contributed by atoms with Crippen molar-refractivity contribution in [1.29, 1.82) is 5.26 Å². The maximum Gasteiger partial charge on any atom is 0.253 e. The Morgan fingerprint density at radius 1 is 1.19 bits per heavy atom. The monoisotopic (exact) mass is 376 g/mol. The van der Waals surface area contributed by atoms with E-state index in [4.69, 9.17) is 5.26 Å². The lowest BCUT2D eigenvalue weighted by Gasteiger charge is -2.29. The van der Waals surface area contributed by atoms with Gasteiger partial charge < -0.3 is 9.88 Å². The summed E-state index contributed by atoms with van der Waals surface area (Å²) in [4.78, 5) is 22.3. The van der Waals surface area contributed by atoms with E-state index in [1.54, 1.807) is 11.8 Å². The highest BCUT2D eigenvalue weighted by Gasteiger charge is 2.23. The number of aromatic nitrogens is 2. The Kier molecular flexibility index (Phi) is 5.12. The number of carbonyl (C=O) groups is 1. The van der Waals surface area contributed by atoms with Gasteiger partial charge in [-0.2, -0.15) is 5.26 Å². The lowest BCUT2D eigenvalue weighted by Crippen LogP contribution is -2.38. The summed E-state index contributed by atoms with van der Waals surface area (Å²) < 4.78 is 0. The molecule has 0 unspecified atom stereocenters. The minimum Gasteiger partial charge on any atom is -0.339 e. The van der Waals surface area contributed by atoms with Crippen LogP contribution in [0.3, 0.4) is 0 Å². The van der Waals surface area contributed by atoms with Crippen LogP contribution in [-0.2, 0) is 5.75 Å². The summed E-state index contributed by atoms with van der Waals surface area (Å²) in [6.07, 6.45) is 1.54. The number of thioether (sulfide) groups is 1. The highest BCUT2D eigenvalue weighted by atomic mass is 32.2. The van der Waals surface area contributed by atoms with Gasteiger partial charge in [-0.1, -0.05) is 36.0 Å². The largest absolute Gasteiger partial charge is 0.339 e. The molecule has 0 atom stereocenters. The van der Waals surface area contributed by atoms with Crippen LogP contribution in [0.1, 0.15) is 28.8 Å². The van der Waals surface area contributed by atoms with Gasteiger partial charge >= 0.3 is 0 Å². The van der Waals surface area contributed by atoms with Crippen LogP contribution in [0.25, 0.3) is 11.0 Å². The minimum atomic E-state index is 0.0582. The summed E-state index contributed by atoms with van der Waals surface area (Å²) in [5, 5.41) is 9.88. The number of hydrogen-bond acceptors (Lipinski definition) is 4. The van der Waals surface area contributed by atoms with E-state index in [2.05, 4.69) is 16.0 Å². The number of nitrogens with one attached hydrogen (secondary N) is 1. The number of para-hydroxylation sites is 2. The summed E-state index contributed by atoms with van der Waals surface area (Å²) in [5.41, 5.74) is 3.88. The molecule has 136 valence electrons. The number of amides is 1. The quantitative estimate of drug-likeness (QED) is 0.692. The fourth-order valence-electron chi connectivity index (χ4n) is 3.29. The minimum absolute atomic E-state index is 0.0582. The van der Waals surface area contributed by atoms with Crippen molar-refractivity contribution in [2.45, 2.75) is 23.8 Å². The molecule has 3 aromatic rings. The van der Waals surface area contributed by atoms with Gasteiger partial charge in [0.1, 0.15) is 0 Å². The van der Waals surface area contributed by atoms with E-state index in [-0.39, 0.29) is 11.8 Å². The predicted molar refractivity (Wildman–Crippen MR) is 106 cm³/mol. The van der Waals surface area contributed by atoms with E-state index in [1.165, 1.54) is 0 Å². The number of aromatic amines is 1. The molecular weight excluding hydrogens is 356 g/mol. The van der Waals surface area contributed by atoms with Crippen molar-refractivity contribution in [3.63, 3.8) is 0 Å². The molecule has 0 saturated carbocycles. The molecule has 6 heteroatoms. The number of H-pyrrole nitrogens is 1. The van der Waals surface area contributed by atoms with Gasteiger partial charge in [0.25, 0.3) is 5.91 Å². The Morgan fingerprint density at radius 3 is 2.63 bits per heavy atom. The zero-order valence-corrected chi connectivity index (χ0v) is 15.7. The summed E-state index contributed by atoms with van der Waals surface area (Å²) in [5.74, 6) is 0.941. The normalized spacial score (nSPS) is 15.0. The van der Waals surface area contributed by atoms with E-state index in [1.807, 2.05) is 53.4 Å². The molecule has 1 amide bonds. The van der Waals surface area contributed by atoms with Crippen molar-refractivity contribution in [3.8, 4) is 6.07 Å². The number of likely N-dealkylation sites (tertiary alicyclic amines) is 1. The molecule has 1 aliphatic heterocycles. The van der Waals surface area contributed by atoms with Crippen LogP contribution in [0, 0.1) is 17.2 Å². The van der Waals surface area contributed by atoms with Crippen molar-refractivity contribution in [1.82, 2.24) is 14.9 Å². The molecule has 0 bridgehead atoms. The maximum atomic E-state index is 12.6. The highest BCUT2D eigenvalue weighted by Crippen LogP contribution is 2.24. The van der Waals surface area contributed by atoms with Crippen LogP contribution in [0.4, 0.5) is 0 Å². The molecule has 1 aromatic heterocycles. The zero-order valence-electron chi connectivity index (χ0n) is 14.9. The van der Waals surface area contributed by atoms with Gasteiger partial charge in [0.15, 0.2) is 5.16 Å². The third-order valence-electron chi connectivity index (χ3n) is 4.91. The lowest BCUT2D eigenvalue weighted by molar-refractivity contribution is 0.0707. The van der Waals surface area contributed by atoms with Crippen LogP contribution >= 0.6 is 11.8 Å². The number of nitriles is 1. The Bertz CT molecular complexity index is 948. The number of fused-ring (bicyclic) bond motifs is 1. The fraction of sp³-hybridized carbons (Fsp3) is 0.286. The molecule has 4 rings (SSSR count). The van der Waals surface area contributed by atoms with Gasteiger partial charge in [0.05, 0.1) is 17.1 Å². The topological polar surface area (TPSA) is 72.8 Å². The molecule has 0 radical (unpaired) electrons. The SMILES string of the molecule is N#CC1CCN(C(=O)c2ccc(CSc3nc4ccccc4[nH]3)cc2)CC1. The molecule has 2 heterocycles. The second-order valence-corrected chi connectivity index (χ2v) is 7.70. The van der Waals surface area contributed by atoms with Crippen LogP contribution in [0.15, 0.2) is 53.7 Å². The summed E-state index contributed by atoms with van der Waals surface area (Å²) in [7, 11) is 0. The van der Waals surface area contributed by atoms with E-state index >= 15 is 0 Å². The van der Waals surface area contributed by atoms with E-state index in [0.29, 0.717) is 18.7 Å². The second-order valence-electron chi connectivity index (χ2n) is 6.74. The smallest absolute Gasteiger partial charge is 0.253 e. The van der Waals surface area contributed by atoms with Gasteiger partial charge in [-0.15, -0.1) is 0 Å². The van der Waals surface area contributed by atoms with Crippen LogP contribution < -0.4 is 0 Å². The van der Waals surface area contributed by atoms with Crippen molar-refractivity contribution in [2.24, 2.45) is 5.92 Å². The lowest BCUT2D eigenvalue weighted by atomic mass is 9.98. The maximum absolute atomic E-state index is 12.6. The number of piperidine rings is 1. The Morgan fingerprint density at radius 2 is 1.93 bits per heavy atom. The molecule has 1 aliphatic rings. The molecular formula is C21H20N4OS. The first-order valence-electron chi connectivity index (χ1n) is 9.08. The molecule has 27 heavy (non-hydrogen) atoms. The molecule has 5 nitrogen and oxygen atoms in total. The molecule has 1 fully saturated rings. The van der Waals surface area contributed by atoms with Crippen molar-refractivity contribution in [3.05, 3.63) is 59.7 Å². The van der Waals surface area contributed by atoms with Crippen LogP contribution in [-0.4, -0.2) is 33.9 Å². The number of nitrogens with zero attached hydrogens (tertiary/aromatic N) is 3. The first-order valence-corrected chi connectivity index (χ1v) is 10.1. The van der Waals surface area contributed by atoms with Crippen molar-refractivity contribution < 1.29 is 4.79 Å². The van der Waals surface area contributed by atoms with Gasteiger partial charge in [0, 0.05) is 30.3 Å². The van der Waals surface area contributed by atoms with Gasteiger partial charge in [0.2, 0.25) is 0 Å². The third kappa shape index (κ3) is 3.99. The Hall–Kier alpha value is -2.78. The number of rotatable bonds is 4. The average molecular weight is 376 g/mol. The van der Waals surface area contributed by atoms with Gasteiger partial charge in [-0.25, -0.2) is 4.98 Å². The fourth-order valence-corrected chi connectivity index (χ4v) is 4.13. The molecule has 0 aliphatic carbocycles. The first-order chi connectivity index (χ1) is 13.2. The summed E-state index contributed by atoms with van der Waals surface area (Å²) in [6.45, 7) is 1.33. The Labute approximate surface area is 162 Å². The number of benzene rings is 2. The third-order valence-corrected chi connectivity index (χ3v) is 5.85. The number of carbonyl (C=O) groups excluding carboxylic acids is 1. The molecule has 1 saturated heterocycles. The van der Waals surface area contributed by atoms with Gasteiger partial charge in [-0.3, -0.25) is 4.79 Å². The van der Waals surface area contributed by atoms with Crippen molar-refractivity contribution in [2.75, 3.05) is 13.1 Å². The Balaban J connectivity index is 1.36.